The van der Waals surface area contributed by atoms with Crippen molar-refractivity contribution >= 4 is 11.9 Å². The molecule has 116 valence electrons. The molecule has 6 heteroatoms. The maximum Gasteiger partial charge on any atom is 0.306 e. The highest BCUT2D eigenvalue weighted by molar-refractivity contribution is 5.69. The predicted molar refractivity (Wildman–Crippen MR) is 73.3 cm³/mol. The van der Waals surface area contributed by atoms with Gasteiger partial charge in [0, 0.05) is 26.1 Å². The van der Waals surface area contributed by atoms with Crippen molar-refractivity contribution in [2.45, 2.75) is 38.2 Å². The molecule has 1 aliphatic heterocycles. The quantitative estimate of drug-likeness (QED) is 0.589. The minimum Gasteiger partial charge on any atom is -0.469 e. The van der Waals surface area contributed by atoms with E-state index in [4.69, 9.17) is 4.74 Å². The third kappa shape index (κ3) is 6.86. The number of esters is 2. The Morgan fingerprint density at radius 2 is 1.85 bits per heavy atom. The van der Waals surface area contributed by atoms with Crippen LogP contribution in [0.15, 0.2) is 0 Å². The second-order valence-electron chi connectivity index (χ2n) is 4.94. The number of methoxy groups -OCH3 is 2. The summed E-state index contributed by atoms with van der Waals surface area (Å²) in [6.07, 6.45) is 3.88. The molecule has 0 amide bonds. The van der Waals surface area contributed by atoms with Crippen LogP contribution in [0.1, 0.15) is 32.1 Å². The first kappa shape index (κ1) is 16.9. The molecule has 1 saturated heterocycles. The normalized spacial score (nSPS) is 18.2. The van der Waals surface area contributed by atoms with Gasteiger partial charge in [0.2, 0.25) is 0 Å². The summed E-state index contributed by atoms with van der Waals surface area (Å²) in [5, 5.41) is 0. The van der Waals surface area contributed by atoms with Crippen molar-refractivity contribution in [2.24, 2.45) is 0 Å². The van der Waals surface area contributed by atoms with Crippen LogP contribution in [0.2, 0.25) is 0 Å². The summed E-state index contributed by atoms with van der Waals surface area (Å²) in [6, 6.07) is 0. The number of ether oxygens (including phenoxy) is 3. The number of carbonyl (C=O) groups is 2. The van der Waals surface area contributed by atoms with Crippen LogP contribution in [0.3, 0.4) is 0 Å². The summed E-state index contributed by atoms with van der Waals surface area (Å²) in [6.45, 7) is 3.01. The molecular weight excluding hydrogens is 262 g/mol. The van der Waals surface area contributed by atoms with Gasteiger partial charge in [-0.25, -0.2) is 0 Å². The molecule has 1 rings (SSSR count). The summed E-state index contributed by atoms with van der Waals surface area (Å²) in [7, 11) is 2.79. The SMILES string of the molecule is COC(=O)CCCN(CCC(=O)OC)CC1CCCO1. The van der Waals surface area contributed by atoms with Crippen LogP contribution in [0, 0.1) is 0 Å². The Hall–Kier alpha value is -1.14. The van der Waals surface area contributed by atoms with Crippen LogP contribution in [0.5, 0.6) is 0 Å². The van der Waals surface area contributed by atoms with Gasteiger partial charge in [-0.3, -0.25) is 9.59 Å². The number of carbonyl (C=O) groups excluding carboxylic acids is 2. The monoisotopic (exact) mass is 287 g/mol. The number of nitrogens with zero attached hydrogens (tertiary/aromatic N) is 1. The Morgan fingerprint density at radius 3 is 2.45 bits per heavy atom. The Labute approximate surface area is 120 Å². The van der Waals surface area contributed by atoms with Crippen LogP contribution in [-0.4, -0.2) is 63.4 Å². The number of rotatable bonds is 9. The zero-order valence-corrected chi connectivity index (χ0v) is 12.4. The summed E-state index contributed by atoms with van der Waals surface area (Å²) < 4.78 is 14.9. The van der Waals surface area contributed by atoms with E-state index in [2.05, 4.69) is 14.4 Å². The lowest BCUT2D eigenvalue weighted by Crippen LogP contribution is -2.35. The Bertz CT molecular complexity index is 302. The van der Waals surface area contributed by atoms with E-state index in [-0.39, 0.29) is 18.0 Å². The van der Waals surface area contributed by atoms with E-state index < -0.39 is 0 Å². The Kier molecular flexibility index (Phi) is 8.22. The van der Waals surface area contributed by atoms with Crippen LogP contribution >= 0.6 is 0 Å². The molecule has 0 aliphatic carbocycles. The van der Waals surface area contributed by atoms with Crippen LogP contribution in [-0.2, 0) is 23.8 Å². The molecule has 1 fully saturated rings. The molecule has 1 heterocycles. The molecule has 1 atom stereocenters. The Morgan fingerprint density at radius 1 is 1.15 bits per heavy atom. The molecule has 0 radical (unpaired) electrons. The van der Waals surface area contributed by atoms with Gasteiger partial charge in [0.1, 0.15) is 0 Å². The fourth-order valence-electron chi connectivity index (χ4n) is 2.27. The van der Waals surface area contributed by atoms with Gasteiger partial charge in [0.15, 0.2) is 0 Å². The highest BCUT2D eigenvalue weighted by Gasteiger charge is 2.19. The maximum absolute atomic E-state index is 11.2. The molecule has 1 unspecified atom stereocenters. The molecule has 0 aromatic carbocycles. The van der Waals surface area contributed by atoms with Gasteiger partial charge >= 0.3 is 11.9 Å². The van der Waals surface area contributed by atoms with Gasteiger partial charge in [-0.2, -0.15) is 0 Å². The number of hydrogen-bond donors (Lipinski definition) is 0. The first-order valence-corrected chi connectivity index (χ1v) is 7.13. The topological polar surface area (TPSA) is 65.1 Å². The van der Waals surface area contributed by atoms with Gasteiger partial charge in [-0.1, -0.05) is 0 Å². The molecule has 20 heavy (non-hydrogen) atoms. The third-order valence-electron chi connectivity index (χ3n) is 3.43. The van der Waals surface area contributed by atoms with E-state index in [1.54, 1.807) is 0 Å². The van der Waals surface area contributed by atoms with Crippen molar-refractivity contribution < 1.29 is 23.8 Å². The molecule has 1 aliphatic rings. The molecule has 6 nitrogen and oxygen atoms in total. The van der Waals surface area contributed by atoms with Crippen molar-refractivity contribution in [1.82, 2.24) is 4.90 Å². The highest BCUT2D eigenvalue weighted by atomic mass is 16.5. The van der Waals surface area contributed by atoms with Crippen molar-refractivity contribution in [3.05, 3.63) is 0 Å². The largest absolute Gasteiger partial charge is 0.469 e. The zero-order valence-electron chi connectivity index (χ0n) is 12.4. The van der Waals surface area contributed by atoms with Gasteiger partial charge in [-0.15, -0.1) is 0 Å². The Balaban J connectivity index is 2.32. The second kappa shape index (κ2) is 9.72. The number of hydrogen-bond acceptors (Lipinski definition) is 6. The smallest absolute Gasteiger partial charge is 0.306 e. The van der Waals surface area contributed by atoms with Crippen molar-refractivity contribution in [3.8, 4) is 0 Å². The van der Waals surface area contributed by atoms with E-state index in [9.17, 15) is 9.59 Å². The van der Waals surface area contributed by atoms with Gasteiger partial charge in [0.25, 0.3) is 0 Å². The molecule has 0 bridgehead atoms. The van der Waals surface area contributed by atoms with Crippen LogP contribution < -0.4 is 0 Å². The summed E-state index contributed by atoms with van der Waals surface area (Å²) in [5.41, 5.74) is 0. The predicted octanol–water partition coefficient (Wildman–Crippen LogP) is 0.984. The van der Waals surface area contributed by atoms with Crippen LogP contribution in [0.25, 0.3) is 0 Å². The van der Waals surface area contributed by atoms with E-state index >= 15 is 0 Å². The first-order valence-electron chi connectivity index (χ1n) is 7.13. The lowest BCUT2D eigenvalue weighted by atomic mass is 10.2. The lowest BCUT2D eigenvalue weighted by Gasteiger charge is -2.24. The highest BCUT2D eigenvalue weighted by Crippen LogP contribution is 2.14. The van der Waals surface area contributed by atoms with Crippen LogP contribution in [0.4, 0.5) is 0 Å². The summed E-state index contributed by atoms with van der Waals surface area (Å²) in [4.78, 5) is 24.5. The van der Waals surface area contributed by atoms with Crippen molar-refractivity contribution in [3.63, 3.8) is 0 Å². The fourth-order valence-corrected chi connectivity index (χ4v) is 2.27. The molecular formula is C14H25NO5. The van der Waals surface area contributed by atoms with Crippen molar-refractivity contribution in [2.75, 3.05) is 40.5 Å². The molecule has 0 aromatic rings. The van der Waals surface area contributed by atoms with Crippen molar-refractivity contribution in [1.29, 1.82) is 0 Å². The van der Waals surface area contributed by atoms with E-state index in [0.717, 1.165) is 39.0 Å². The average molecular weight is 287 g/mol. The lowest BCUT2D eigenvalue weighted by molar-refractivity contribution is -0.142. The second-order valence-corrected chi connectivity index (χ2v) is 4.94. The van der Waals surface area contributed by atoms with Gasteiger partial charge < -0.3 is 19.1 Å². The van der Waals surface area contributed by atoms with E-state index in [1.165, 1.54) is 14.2 Å². The fraction of sp³-hybridized carbons (Fsp3) is 0.857. The van der Waals surface area contributed by atoms with E-state index in [1.807, 2.05) is 0 Å². The molecule has 0 spiro atoms. The summed E-state index contributed by atoms with van der Waals surface area (Å²) >= 11 is 0. The first-order chi connectivity index (χ1) is 9.65. The van der Waals surface area contributed by atoms with Gasteiger partial charge in [-0.05, 0) is 25.8 Å². The molecule has 0 N–H and O–H groups in total. The standard InChI is InChI=1S/C14H25NO5/c1-18-13(16)6-3-8-15(9-7-14(17)19-2)11-12-5-4-10-20-12/h12H,3-11H2,1-2H3. The zero-order chi connectivity index (χ0) is 14.8. The van der Waals surface area contributed by atoms with Gasteiger partial charge in [0.05, 0.1) is 26.7 Å². The summed E-state index contributed by atoms with van der Waals surface area (Å²) in [5.74, 6) is -0.412. The molecule has 0 aromatic heterocycles. The van der Waals surface area contributed by atoms with E-state index in [0.29, 0.717) is 19.4 Å². The maximum atomic E-state index is 11.2. The average Bonchev–Trinajstić information content (AvgIpc) is 2.96. The minimum atomic E-state index is -0.213. The third-order valence-corrected chi connectivity index (χ3v) is 3.43. The molecule has 0 saturated carbocycles. The minimum absolute atomic E-state index is 0.199.